The molecule has 6 rings (SSSR count). The highest BCUT2D eigenvalue weighted by Gasteiger charge is 2.40. The minimum absolute atomic E-state index is 0.00922. The number of nitrogens with zero attached hydrogens (tertiary/aromatic N) is 3. The summed E-state index contributed by atoms with van der Waals surface area (Å²) in [6.45, 7) is 2.48. The summed E-state index contributed by atoms with van der Waals surface area (Å²) in [5.74, 6) is -0.318. The van der Waals surface area contributed by atoms with Gasteiger partial charge in [-0.1, -0.05) is 34.1 Å². The number of carbonyl (C=O) groups excluding carboxylic acids is 1. The molecule has 6 nitrogen and oxygen atoms in total. The molecule has 8 heteroatoms. The highest BCUT2D eigenvalue weighted by molar-refractivity contribution is 9.10. The molecule has 202 valence electrons. The summed E-state index contributed by atoms with van der Waals surface area (Å²) in [4.78, 5) is 28.7. The van der Waals surface area contributed by atoms with Crippen LogP contribution in [-0.4, -0.2) is 39.1 Å². The number of carbonyl (C=O) groups is 1. The third-order valence-electron chi connectivity index (χ3n) is 8.14. The van der Waals surface area contributed by atoms with Crippen molar-refractivity contribution in [2.75, 3.05) is 13.1 Å². The molecule has 0 unspecified atom stereocenters. The number of pyridine rings is 1. The highest BCUT2D eigenvalue weighted by Crippen LogP contribution is 2.38. The van der Waals surface area contributed by atoms with Gasteiger partial charge in [0.15, 0.2) is 0 Å². The minimum atomic E-state index is -0.247. The number of fused-ring (bicyclic) bond motifs is 1. The van der Waals surface area contributed by atoms with E-state index in [4.69, 9.17) is 0 Å². The number of aromatic nitrogens is 2. The fraction of sp³-hybridized carbons (Fsp3) is 0.355. The van der Waals surface area contributed by atoms with E-state index < -0.39 is 0 Å². The van der Waals surface area contributed by atoms with Gasteiger partial charge in [0.25, 0.3) is 5.56 Å². The van der Waals surface area contributed by atoms with E-state index in [9.17, 15) is 14.0 Å². The molecule has 1 aliphatic carbocycles. The minimum Gasteiger partial charge on any atom is -0.343 e. The summed E-state index contributed by atoms with van der Waals surface area (Å²) in [5.41, 5.74) is 3.90. The monoisotopic (exact) mass is 590 g/mol. The van der Waals surface area contributed by atoms with E-state index in [1.807, 2.05) is 24.3 Å². The van der Waals surface area contributed by atoms with Crippen LogP contribution in [0, 0.1) is 11.7 Å². The van der Waals surface area contributed by atoms with Crippen LogP contribution in [0.5, 0.6) is 0 Å². The zero-order chi connectivity index (χ0) is 27.1. The number of hydrogen-bond acceptors (Lipinski definition) is 3. The van der Waals surface area contributed by atoms with Gasteiger partial charge in [0.2, 0.25) is 5.91 Å². The van der Waals surface area contributed by atoms with E-state index in [1.165, 1.54) is 6.07 Å². The summed E-state index contributed by atoms with van der Waals surface area (Å²) >= 11 is 3.75. The molecule has 2 aromatic heterocycles. The smallest absolute Gasteiger partial charge is 0.250 e. The van der Waals surface area contributed by atoms with Crippen molar-refractivity contribution in [1.29, 1.82) is 0 Å². The van der Waals surface area contributed by atoms with Crippen LogP contribution >= 0.6 is 15.9 Å². The van der Waals surface area contributed by atoms with Crippen molar-refractivity contribution in [3.05, 3.63) is 104 Å². The lowest BCUT2D eigenvalue weighted by Crippen LogP contribution is -2.47. The molecule has 1 N–H and O–H groups in total. The molecule has 2 fully saturated rings. The molecular weight excluding hydrogens is 559 g/mol. The van der Waals surface area contributed by atoms with Crippen LogP contribution < -0.4 is 10.9 Å². The molecule has 2 aliphatic rings. The van der Waals surface area contributed by atoms with Crippen LogP contribution in [0.25, 0.3) is 10.9 Å². The van der Waals surface area contributed by atoms with Crippen LogP contribution in [0.15, 0.2) is 76.3 Å². The van der Waals surface area contributed by atoms with Gasteiger partial charge in [-0.3, -0.25) is 9.59 Å². The Hall–Kier alpha value is -3.23. The van der Waals surface area contributed by atoms with Crippen LogP contribution in [0.2, 0.25) is 0 Å². The number of rotatable bonds is 7. The SMILES string of the molecule is Cn1ccc([C@@H]2CCNC[C@H]2C(=O)N(Cc2cn(Cc3cccc(F)c3)c3cccc(Br)c23)C2CC2)cc1=O. The second kappa shape index (κ2) is 10.7. The number of hydrogen-bond donors (Lipinski definition) is 1. The van der Waals surface area contributed by atoms with Crippen LogP contribution in [0.1, 0.15) is 41.9 Å². The molecule has 39 heavy (non-hydrogen) atoms. The molecular formula is C31H32BrFN4O2. The number of piperidine rings is 1. The van der Waals surface area contributed by atoms with Crippen LogP contribution in [-0.2, 0) is 24.9 Å². The Morgan fingerprint density at radius 1 is 1.13 bits per heavy atom. The highest BCUT2D eigenvalue weighted by atomic mass is 79.9. The third-order valence-corrected chi connectivity index (χ3v) is 8.80. The lowest BCUT2D eigenvalue weighted by Gasteiger charge is -2.35. The standard InChI is InChI=1S/C31H32BrFN4O2/c1-35-13-11-21(15-29(35)38)25-10-12-34-16-26(25)31(39)37(24-8-9-24)19-22-18-36(17-20-4-2-5-23(33)14-20)28-7-3-6-27(32)30(22)28/h2-7,11,13-15,18,24-26,34H,8-10,12,16-17,19H2,1H3/t25-,26+/m0/s1. The topological polar surface area (TPSA) is 59.3 Å². The van der Waals surface area contributed by atoms with Crippen molar-refractivity contribution in [3.8, 4) is 0 Å². The maximum atomic E-state index is 14.2. The fourth-order valence-corrected chi connectivity index (χ4v) is 6.57. The molecule has 0 radical (unpaired) electrons. The number of halogens is 2. The van der Waals surface area contributed by atoms with E-state index in [-0.39, 0.29) is 35.2 Å². The van der Waals surface area contributed by atoms with E-state index in [1.54, 1.807) is 36.0 Å². The van der Waals surface area contributed by atoms with E-state index in [0.29, 0.717) is 19.6 Å². The Kier molecular flexibility index (Phi) is 7.16. The molecule has 1 saturated heterocycles. The third kappa shape index (κ3) is 5.32. The average Bonchev–Trinajstić information content (AvgIpc) is 3.71. The Labute approximate surface area is 235 Å². The zero-order valence-corrected chi connectivity index (χ0v) is 23.5. The van der Waals surface area contributed by atoms with Gasteiger partial charge in [-0.05, 0) is 78.7 Å². The first kappa shape index (κ1) is 26.0. The molecule has 0 spiro atoms. The Bertz CT molecular complexity index is 1590. The van der Waals surface area contributed by atoms with E-state index in [0.717, 1.165) is 57.9 Å². The Morgan fingerprint density at radius 2 is 1.95 bits per heavy atom. The summed E-state index contributed by atoms with van der Waals surface area (Å²) in [6.07, 6.45) is 6.74. The first-order valence-corrected chi connectivity index (χ1v) is 14.4. The lowest BCUT2D eigenvalue weighted by atomic mass is 9.80. The quantitative estimate of drug-likeness (QED) is 0.323. The summed E-state index contributed by atoms with van der Waals surface area (Å²) < 4.78 is 18.6. The van der Waals surface area contributed by atoms with Crippen molar-refractivity contribution in [2.45, 2.75) is 44.3 Å². The molecule has 1 saturated carbocycles. The van der Waals surface area contributed by atoms with Crippen molar-refractivity contribution in [2.24, 2.45) is 13.0 Å². The van der Waals surface area contributed by atoms with Crippen molar-refractivity contribution < 1.29 is 9.18 Å². The zero-order valence-electron chi connectivity index (χ0n) is 21.9. The fourth-order valence-electron chi connectivity index (χ4n) is 5.96. The lowest BCUT2D eigenvalue weighted by molar-refractivity contribution is -0.138. The van der Waals surface area contributed by atoms with Gasteiger partial charge < -0.3 is 19.4 Å². The van der Waals surface area contributed by atoms with Crippen LogP contribution in [0.4, 0.5) is 4.39 Å². The molecule has 2 aromatic carbocycles. The van der Waals surface area contributed by atoms with E-state index >= 15 is 0 Å². The second-order valence-corrected chi connectivity index (χ2v) is 11.7. The molecule has 2 atom stereocenters. The number of benzene rings is 2. The summed E-state index contributed by atoms with van der Waals surface area (Å²) in [6, 6.07) is 16.7. The van der Waals surface area contributed by atoms with E-state index in [2.05, 4.69) is 43.0 Å². The van der Waals surface area contributed by atoms with Gasteiger partial charge in [-0.25, -0.2) is 4.39 Å². The van der Waals surface area contributed by atoms with Gasteiger partial charge in [0.1, 0.15) is 5.82 Å². The number of aryl methyl sites for hydroxylation is 1. The molecule has 1 amide bonds. The maximum absolute atomic E-state index is 14.2. The Morgan fingerprint density at radius 3 is 2.72 bits per heavy atom. The second-order valence-electron chi connectivity index (χ2n) is 10.9. The molecule has 1 aliphatic heterocycles. The first-order chi connectivity index (χ1) is 18.9. The van der Waals surface area contributed by atoms with Gasteiger partial charge in [-0.2, -0.15) is 0 Å². The van der Waals surface area contributed by atoms with Crippen molar-refractivity contribution >= 4 is 32.7 Å². The van der Waals surface area contributed by atoms with Gasteiger partial charge in [0, 0.05) is 66.6 Å². The average molecular weight is 592 g/mol. The van der Waals surface area contributed by atoms with Crippen molar-refractivity contribution in [3.63, 3.8) is 0 Å². The predicted molar refractivity (Wildman–Crippen MR) is 154 cm³/mol. The first-order valence-electron chi connectivity index (χ1n) is 13.6. The number of nitrogens with one attached hydrogen (secondary N) is 1. The summed E-state index contributed by atoms with van der Waals surface area (Å²) in [5, 5.41) is 4.50. The predicted octanol–water partition coefficient (Wildman–Crippen LogP) is 5.17. The molecule has 4 aromatic rings. The van der Waals surface area contributed by atoms with Crippen LogP contribution in [0.3, 0.4) is 0 Å². The summed E-state index contributed by atoms with van der Waals surface area (Å²) in [7, 11) is 1.74. The Balaban J connectivity index is 1.33. The number of amides is 1. The molecule has 0 bridgehead atoms. The molecule has 3 heterocycles. The maximum Gasteiger partial charge on any atom is 0.250 e. The van der Waals surface area contributed by atoms with Gasteiger partial charge >= 0.3 is 0 Å². The normalized spacial score (nSPS) is 19.4. The van der Waals surface area contributed by atoms with Gasteiger partial charge in [0.05, 0.1) is 5.92 Å². The largest absolute Gasteiger partial charge is 0.343 e. The van der Waals surface area contributed by atoms with Crippen molar-refractivity contribution in [1.82, 2.24) is 19.4 Å². The van der Waals surface area contributed by atoms with Gasteiger partial charge in [-0.15, -0.1) is 0 Å².